The molecule has 148 valence electrons. The van der Waals surface area contributed by atoms with E-state index in [1.54, 1.807) is 23.1 Å². The standard InChI is InChI=1S/C22H24ClNO3S/c1-2-17-3-5-19(6-4-17)15-24(21-13-14-28(26,27)16-21)22(25)12-9-18-7-10-20(23)11-8-18/h3-12,21H,2,13-16H2,1H3. The van der Waals surface area contributed by atoms with E-state index in [-0.39, 0.29) is 23.5 Å². The largest absolute Gasteiger partial charge is 0.331 e. The fourth-order valence-electron chi connectivity index (χ4n) is 3.32. The highest BCUT2D eigenvalue weighted by Gasteiger charge is 2.34. The molecule has 0 aromatic heterocycles. The Morgan fingerprint density at radius 3 is 2.32 bits per heavy atom. The molecule has 0 spiro atoms. The maximum absolute atomic E-state index is 12.9. The number of sulfone groups is 1. The molecule has 3 rings (SSSR count). The highest BCUT2D eigenvalue weighted by Crippen LogP contribution is 2.21. The molecule has 28 heavy (non-hydrogen) atoms. The van der Waals surface area contributed by atoms with Gasteiger partial charge in [-0.05, 0) is 47.7 Å². The molecular weight excluding hydrogens is 394 g/mol. The summed E-state index contributed by atoms with van der Waals surface area (Å²) in [6.07, 6.45) is 4.67. The molecule has 6 heteroatoms. The number of amides is 1. The minimum Gasteiger partial charge on any atom is -0.331 e. The van der Waals surface area contributed by atoms with Crippen molar-refractivity contribution in [2.45, 2.75) is 32.4 Å². The van der Waals surface area contributed by atoms with Gasteiger partial charge < -0.3 is 4.90 Å². The smallest absolute Gasteiger partial charge is 0.247 e. The van der Waals surface area contributed by atoms with Crippen molar-refractivity contribution in [1.82, 2.24) is 4.90 Å². The van der Waals surface area contributed by atoms with E-state index >= 15 is 0 Å². The first kappa shape index (κ1) is 20.6. The molecule has 0 saturated carbocycles. The van der Waals surface area contributed by atoms with Crippen LogP contribution in [0.4, 0.5) is 0 Å². The molecule has 4 nitrogen and oxygen atoms in total. The quantitative estimate of drug-likeness (QED) is 0.664. The zero-order chi connectivity index (χ0) is 20.1. The molecule has 0 radical (unpaired) electrons. The summed E-state index contributed by atoms with van der Waals surface area (Å²) in [6.45, 7) is 2.49. The zero-order valence-corrected chi connectivity index (χ0v) is 17.4. The van der Waals surface area contributed by atoms with E-state index in [0.29, 0.717) is 18.0 Å². The molecule has 2 aromatic rings. The SMILES string of the molecule is CCc1ccc(CN(C(=O)C=Cc2ccc(Cl)cc2)C2CCS(=O)(=O)C2)cc1. The summed E-state index contributed by atoms with van der Waals surface area (Å²) >= 11 is 5.89. The Labute approximate surface area is 171 Å². The molecule has 1 atom stereocenters. The summed E-state index contributed by atoms with van der Waals surface area (Å²) in [5, 5.41) is 0.636. The Bertz CT molecular complexity index is 950. The van der Waals surface area contributed by atoms with E-state index in [9.17, 15) is 13.2 Å². The van der Waals surface area contributed by atoms with E-state index in [1.807, 2.05) is 36.4 Å². The fourth-order valence-corrected chi connectivity index (χ4v) is 5.18. The number of halogens is 1. The van der Waals surface area contributed by atoms with Crippen LogP contribution in [0, 0.1) is 0 Å². The molecule has 1 unspecified atom stereocenters. The average Bonchev–Trinajstić information content (AvgIpc) is 3.05. The van der Waals surface area contributed by atoms with E-state index in [0.717, 1.165) is 17.5 Å². The first-order chi connectivity index (χ1) is 13.4. The van der Waals surface area contributed by atoms with Crippen LogP contribution in [0.25, 0.3) is 6.08 Å². The van der Waals surface area contributed by atoms with Gasteiger partial charge in [0, 0.05) is 23.7 Å². The Balaban J connectivity index is 1.80. The number of hydrogen-bond acceptors (Lipinski definition) is 3. The summed E-state index contributed by atoms with van der Waals surface area (Å²) in [5.41, 5.74) is 3.09. The number of nitrogens with zero attached hydrogens (tertiary/aromatic N) is 1. The molecule has 1 amide bonds. The number of aryl methyl sites for hydroxylation is 1. The summed E-state index contributed by atoms with van der Waals surface area (Å²) in [4.78, 5) is 14.6. The van der Waals surface area contributed by atoms with E-state index < -0.39 is 9.84 Å². The van der Waals surface area contributed by atoms with Gasteiger partial charge in [-0.25, -0.2) is 8.42 Å². The maximum atomic E-state index is 12.9. The minimum absolute atomic E-state index is 0.0283. The van der Waals surface area contributed by atoms with Crippen LogP contribution in [-0.2, 0) is 27.6 Å². The minimum atomic E-state index is -3.08. The van der Waals surface area contributed by atoms with Crippen molar-refractivity contribution in [3.63, 3.8) is 0 Å². The summed E-state index contributed by atoms with van der Waals surface area (Å²) in [5.74, 6) is -0.0193. The molecule has 1 fully saturated rings. The van der Waals surface area contributed by atoms with Crippen LogP contribution in [-0.4, -0.2) is 36.8 Å². The van der Waals surface area contributed by atoms with Gasteiger partial charge in [0.25, 0.3) is 0 Å². The molecule has 1 aliphatic heterocycles. The summed E-state index contributed by atoms with van der Waals surface area (Å²) < 4.78 is 23.9. The molecule has 1 heterocycles. The van der Waals surface area contributed by atoms with Crippen molar-refractivity contribution < 1.29 is 13.2 Å². The number of hydrogen-bond donors (Lipinski definition) is 0. The van der Waals surface area contributed by atoms with Gasteiger partial charge in [-0.1, -0.05) is 54.9 Å². The third kappa shape index (κ3) is 5.46. The van der Waals surface area contributed by atoms with Crippen LogP contribution in [0.5, 0.6) is 0 Å². The van der Waals surface area contributed by atoms with Crippen molar-refractivity contribution in [2.24, 2.45) is 0 Å². The average molecular weight is 418 g/mol. The highest BCUT2D eigenvalue weighted by atomic mass is 35.5. The lowest BCUT2D eigenvalue weighted by atomic mass is 10.1. The van der Waals surface area contributed by atoms with Gasteiger partial charge in [-0.3, -0.25) is 4.79 Å². The van der Waals surface area contributed by atoms with E-state index in [2.05, 4.69) is 6.92 Å². The Kier molecular flexibility index (Phi) is 6.57. The predicted octanol–water partition coefficient (Wildman–Crippen LogP) is 4.13. The Hall–Kier alpha value is -2.11. The molecule has 0 aliphatic carbocycles. The number of carbonyl (C=O) groups excluding carboxylic acids is 1. The maximum Gasteiger partial charge on any atom is 0.247 e. The molecule has 0 bridgehead atoms. The zero-order valence-electron chi connectivity index (χ0n) is 15.8. The molecule has 1 saturated heterocycles. The Morgan fingerprint density at radius 1 is 1.11 bits per heavy atom. The second kappa shape index (κ2) is 8.93. The summed E-state index contributed by atoms with van der Waals surface area (Å²) in [7, 11) is -3.08. The van der Waals surface area contributed by atoms with Crippen LogP contribution in [0.15, 0.2) is 54.6 Å². The van der Waals surface area contributed by atoms with Gasteiger partial charge in [0.1, 0.15) is 0 Å². The van der Waals surface area contributed by atoms with Gasteiger partial charge in [-0.15, -0.1) is 0 Å². The number of benzene rings is 2. The van der Waals surface area contributed by atoms with Crippen LogP contribution in [0.1, 0.15) is 30.0 Å². The first-order valence-corrected chi connectivity index (χ1v) is 11.6. The van der Waals surface area contributed by atoms with Crippen molar-refractivity contribution in [2.75, 3.05) is 11.5 Å². The molecule has 2 aromatic carbocycles. The lowest BCUT2D eigenvalue weighted by Gasteiger charge is -2.27. The molecular formula is C22H24ClNO3S. The topological polar surface area (TPSA) is 54.5 Å². The van der Waals surface area contributed by atoms with Gasteiger partial charge >= 0.3 is 0 Å². The normalized spacial score (nSPS) is 18.4. The van der Waals surface area contributed by atoms with E-state index in [4.69, 9.17) is 11.6 Å². The first-order valence-electron chi connectivity index (χ1n) is 9.39. The van der Waals surface area contributed by atoms with Gasteiger partial charge in [0.2, 0.25) is 5.91 Å². The van der Waals surface area contributed by atoms with Gasteiger partial charge in [0.05, 0.1) is 11.5 Å². The van der Waals surface area contributed by atoms with Crippen LogP contribution < -0.4 is 0 Å². The van der Waals surface area contributed by atoms with Crippen molar-refractivity contribution >= 4 is 33.4 Å². The molecule has 0 N–H and O–H groups in total. The van der Waals surface area contributed by atoms with Crippen molar-refractivity contribution in [1.29, 1.82) is 0 Å². The fraction of sp³-hybridized carbons (Fsp3) is 0.318. The van der Waals surface area contributed by atoms with Crippen molar-refractivity contribution in [3.8, 4) is 0 Å². The van der Waals surface area contributed by atoms with Crippen molar-refractivity contribution in [3.05, 3.63) is 76.3 Å². The second-order valence-electron chi connectivity index (χ2n) is 7.08. The highest BCUT2D eigenvalue weighted by molar-refractivity contribution is 7.91. The van der Waals surface area contributed by atoms with Crippen LogP contribution >= 0.6 is 11.6 Å². The second-order valence-corrected chi connectivity index (χ2v) is 9.74. The lowest BCUT2D eigenvalue weighted by molar-refractivity contribution is -0.128. The number of carbonyl (C=O) groups is 1. The van der Waals surface area contributed by atoms with Gasteiger partial charge in [-0.2, -0.15) is 0 Å². The van der Waals surface area contributed by atoms with Crippen LogP contribution in [0.2, 0.25) is 5.02 Å². The van der Waals surface area contributed by atoms with Gasteiger partial charge in [0.15, 0.2) is 9.84 Å². The third-order valence-electron chi connectivity index (χ3n) is 5.00. The summed E-state index contributed by atoms with van der Waals surface area (Å²) in [6, 6.07) is 15.0. The monoisotopic (exact) mass is 417 g/mol. The van der Waals surface area contributed by atoms with E-state index in [1.165, 1.54) is 11.6 Å². The predicted molar refractivity (Wildman–Crippen MR) is 114 cm³/mol. The Morgan fingerprint density at radius 2 is 1.75 bits per heavy atom. The van der Waals surface area contributed by atoms with Crippen LogP contribution in [0.3, 0.4) is 0 Å². The third-order valence-corrected chi connectivity index (χ3v) is 7.01. The lowest BCUT2D eigenvalue weighted by Crippen LogP contribution is -2.39. The molecule has 1 aliphatic rings. The number of rotatable bonds is 6.